The van der Waals surface area contributed by atoms with Crippen LogP contribution in [0, 0.1) is 12.8 Å². The normalized spacial score (nSPS) is 21.1. The molecule has 0 unspecified atom stereocenters. The molecule has 138 valence electrons. The lowest BCUT2D eigenvalue weighted by molar-refractivity contribution is -0.122. The Hall–Kier alpha value is -1.66. The fourth-order valence-electron chi connectivity index (χ4n) is 3.19. The fourth-order valence-corrected chi connectivity index (χ4v) is 4.56. The summed E-state index contributed by atoms with van der Waals surface area (Å²) in [4.78, 5) is 12.6. The molecular weight excluding hydrogens is 336 g/mol. The molecule has 1 N–H and O–H groups in total. The summed E-state index contributed by atoms with van der Waals surface area (Å²) >= 11 is 0. The monoisotopic (exact) mass is 364 g/mol. The molecule has 2 rings (SSSR count). The van der Waals surface area contributed by atoms with Crippen molar-refractivity contribution in [3.8, 4) is 0 Å². The number of nitrogens with zero attached hydrogens (tertiary/aromatic N) is 1. The van der Waals surface area contributed by atoms with Gasteiger partial charge in [-0.05, 0) is 37.8 Å². The van der Waals surface area contributed by atoms with E-state index in [2.05, 4.69) is 18.8 Å². The van der Waals surface area contributed by atoms with Gasteiger partial charge in [-0.25, -0.2) is 8.42 Å². The lowest BCUT2D eigenvalue weighted by Gasteiger charge is -2.30. The maximum atomic E-state index is 12.8. The van der Waals surface area contributed by atoms with Gasteiger partial charge in [0.1, 0.15) is 0 Å². The van der Waals surface area contributed by atoms with Gasteiger partial charge in [-0.1, -0.05) is 43.5 Å². The van der Waals surface area contributed by atoms with Crippen LogP contribution in [0.2, 0.25) is 0 Å². The van der Waals surface area contributed by atoms with E-state index in [-0.39, 0.29) is 29.9 Å². The van der Waals surface area contributed by atoms with Crippen LogP contribution in [0.4, 0.5) is 0 Å². The van der Waals surface area contributed by atoms with E-state index >= 15 is 0 Å². The molecule has 0 saturated heterocycles. The van der Waals surface area contributed by atoms with E-state index in [4.69, 9.17) is 0 Å². The van der Waals surface area contributed by atoms with Gasteiger partial charge in [0.15, 0.2) is 0 Å². The smallest absolute Gasteiger partial charge is 0.243 e. The molecule has 1 aromatic rings. The standard InChI is InChI=1S/C19H28N2O3S/c1-4-13-21(25(23,24)17-11-9-15(2)10-12-17)14-19(22)20-18-8-6-5-7-16(18)3/h4,9-12,16,18H,1,5-8,13-14H2,2-3H3,(H,20,22)/t16-,18+/m1/s1. The van der Waals surface area contributed by atoms with Crippen molar-refractivity contribution in [3.05, 3.63) is 42.5 Å². The zero-order chi connectivity index (χ0) is 18.4. The number of benzene rings is 1. The molecule has 0 radical (unpaired) electrons. The Kier molecular flexibility index (Phi) is 6.79. The number of sulfonamides is 1. The highest BCUT2D eigenvalue weighted by Gasteiger charge is 2.28. The largest absolute Gasteiger partial charge is 0.352 e. The Labute approximate surface area is 151 Å². The van der Waals surface area contributed by atoms with E-state index in [1.54, 1.807) is 24.3 Å². The first kappa shape index (κ1) is 19.7. The van der Waals surface area contributed by atoms with E-state index in [1.807, 2.05) is 6.92 Å². The number of rotatable bonds is 7. The van der Waals surface area contributed by atoms with Crippen molar-refractivity contribution >= 4 is 15.9 Å². The molecule has 0 aliphatic heterocycles. The van der Waals surface area contributed by atoms with Gasteiger partial charge < -0.3 is 5.32 Å². The Bertz CT molecular complexity index is 698. The van der Waals surface area contributed by atoms with Gasteiger partial charge in [0.25, 0.3) is 0 Å². The minimum atomic E-state index is -3.73. The predicted octanol–water partition coefficient (Wildman–Crippen LogP) is 2.87. The maximum Gasteiger partial charge on any atom is 0.243 e. The summed E-state index contributed by atoms with van der Waals surface area (Å²) in [6, 6.07) is 6.78. The quantitative estimate of drug-likeness (QED) is 0.757. The van der Waals surface area contributed by atoms with Crippen molar-refractivity contribution in [2.45, 2.75) is 50.5 Å². The van der Waals surface area contributed by atoms with Crippen molar-refractivity contribution in [1.82, 2.24) is 9.62 Å². The number of amides is 1. The number of hydrogen-bond acceptors (Lipinski definition) is 3. The van der Waals surface area contributed by atoms with Gasteiger partial charge in [-0.15, -0.1) is 6.58 Å². The highest BCUT2D eigenvalue weighted by molar-refractivity contribution is 7.89. The molecule has 0 bridgehead atoms. The van der Waals surface area contributed by atoms with Crippen molar-refractivity contribution in [1.29, 1.82) is 0 Å². The van der Waals surface area contributed by atoms with Crippen LogP contribution in [0.3, 0.4) is 0 Å². The van der Waals surface area contributed by atoms with Gasteiger partial charge in [-0.3, -0.25) is 4.79 Å². The topological polar surface area (TPSA) is 66.5 Å². The van der Waals surface area contributed by atoms with Crippen LogP contribution < -0.4 is 5.32 Å². The molecule has 0 spiro atoms. The molecule has 1 fully saturated rings. The SMILES string of the molecule is C=CCN(CC(=O)N[C@H]1CCCC[C@H]1C)S(=O)(=O)c1ccc(C)cc1. The van der Waals surface area contributed by atoms with Gasteiger partial charge >= 0.3 is 0 Å². The van der Waals surface area contributed by atoms with Crippen molar-refractivity contribution in [2.24, 2.45) is 5.92 Å². The second kappa shape index (κ2) is 8.63. The van der Waals surface area contributed by atoms with Gasteiger partial charge in [0, 0.05) is 12.6 Å². The first-order chi connectivity index (χ1) is 11.8. The third-order valence-electron chi connectivity index (χ3n) is 4.77. The molecule has 25 heavy (non-hydrogen) atoms. The summed E-state index contributed by atoms with van der Waals surface area (Å²) in [6.07, 6.45) is 5.86. The number of carbonyl (C=O) groups excluding carboxylic acids is 1. The summed E-state index contributed by atoms with van der Waals surface area (Å²) in [5, 5.41) is 3.01. The lowest BCUT2D eigenvalue weighted by atomic mass is 9.86. The molecule has 1 aliphatic carbocycles. The zero-order valence-corrected chi connectivity index (χ0v) is 15.9. The molecule has 5 nitrogen and oxygen atoms in total. The Morgan fingerprint density at radius 3 is 2.52 bits per heavy atom. The number of aryl methyl sites for hydroxylation is 1. The molecule has 1 amide bonds. The molecule has 1 saturated carbocycles. The van der Waals surface area contributed by atoms with Crippen LogP contribution in [-0.2, 0) is 14.8 Å². The Morgan fingerprint density at radius 2 is 1.92 bits per heavy atom. The minimum absolute atomic E-state index is 0.101. The molecule has 1 aliphatic rings. The predicted molar refractivity (Wildman–Crippen MR) is 99.7 cm³/mol. The van der Waals surface area contributed by atoms with E-state index < -0.39 is 10.0 Å². The molecule has 1 aromatic carbocycles. The molecule has 2 atom stereocenters. The van der Waals surface area contributed by atoms with E-state index in [0.717, 1.165) is 24.8 Å². The van der Waals surface area contributed by atoms with E-state index in [9.17, 15) is 13.2 Å². The highest BCUT2D eigenvalue weighted by atomic mass is 32.2. The maximum absolute atomic E-state index is 12.8. The van der Waals surface area contributed by atoms with Crippen LogP contribution >= 0.6 is 0 Å². The summed E-state index contributed by atoms with van der Waals surface area (Å²) in [5.74, 6) is 0.176. The van der Waals surface area contributed by atoms with Crippen LogP contribution in [0.15, 0.2) is 41.8 Å². The first-order valence-electron chi connectivity index (χ1n) is 8.81. The Morgan fingerprint density at radius 1 is 1.28 bits per heavy atom. The summed E-state index contributed by atoms with van der Waals surface area (Å²) < 4.78 is 26.8. The average Bonchev–Trinajstić information content (AvgIpc) is 2.57. The van der Waals surface area contributed by atoms with Gasteiger partial charge in [0.05, 0.1) is 11.4 Å². The van der Waals surface area contributed by atoms with Crippen molar-refractivity contribution in [3.63, 3.8) is 0 Å². The summed E-state index contributed by atoms with van der Waals surface area (Å²) in [5.41, 5.74) is 0.984. The fraction of sp³-hybridized carbons (Fsp3) is 0.526. The molecular formula is C19H28N2O3S. The van der Waals surface area contributed by atoms with Crippen LogP contribution in [0.5, 0.6) is 0 Å². The van der Waals surface area contributed by atoms with Gasteiger partial charge in [-0.2, -0.15) is 4.31 Å². The number of carbonyl (C=O) groups is 1. The lowest BCUT2D eigenvalue weighted by Crippen LogP contribution is -2.47. The second-order valence-corrected chi connectivity index (χ2v) is 8.77. The first-order valence-corrected chi connectivity index (χ1v) is 10.3. The van der Waals surface area contributed by atoms with Crippen molar-refractivity contribution in [2.75, 3.05) is 13.1 Å². The molecule has 0 heterocycles. The summed E-state index contributed by atoms with van der Waals surface area (Å²) in [7, 11) is -3.73. The number of hydrogen-bond donors (Lipinski definition) is 1. The zero-order valence-electron chi connectivity index (χ0n) is 15.1. The number of nitrogens with one attached hydrogen (secondary N) is 1. The van der Waals surface area contributed by atoms with Crippen LogP contribution in [-0.4, -0.2) is 37.8 Å². The minimum Gasteiger partial charge on any atom is -0.352 e. The van der Waals surface area contributed by atoms with Crippen LogP contribution in [0.1, 0.15) is 38.2 Å². The van der Waals surface area contributed by atoms with E-state index in [1.165, 1.54) is 16.8 Å². The highest BCUT2D eigenvalue weighted by Crippen LogP contribution is 2.24. The van der Waals surface area contributed by atoms with Crippen molar-refractivity contribution < 1.29 is 13.2 Å². The van der Waals surface area contributed by atoms with Crippen LogP contribution in [0.25, 0.3) is 0 Å². The average molecular weight is 365 g/mol. The van der Waals surface area contributed by atoms with E-state index in [0.29, 0.717) is 5.92 Å². The summed E-state index contributed by atoms with van der Waals surface area (Å²) in [6.45, 7) is 7.56. The second-order valence-electron chi connectivity index (χ2n) is 6.84. The molecule has 0 aromatic heterocycles. The third-order valence-corrected chi connectivity index (χ3v) is 6.60. The third kappa shape index (κ3) is 5.16. The Balaban J connectivity index is 2.10. The molecule has 6 heteroatoms. The van der Waals surface area contributed by atoms with Gasteiger partial charge in [0.2, 0.25) is 15.9 Å².